The van der Waals surface area contributed by atoms with Crippen molar-refractivity contribution in [3.05, 3.63) is 58.1 Å². The lowest BCUT2D eigenvalue weighted by atomic mass is 10.0. The molecule has 5 nitrogen and oxygen atoms in total. The summed E-state index contributed by atoms with van der Waals surface area (Å²) in [5.74, 6) is -2.57. The van der Waals surface area contributed by atoms with E-state index in [0.717, 1.165) is 12.1 Å². The highest BCUT2D eigenvalue weighted by Crippen LogP contribution is 2.37. The molecule has 0 heterocycles. The third-order valence-corrected chi connectivity index (χ3v) is 4.62. The molecule has 0 aliphatic heterocycles. The van der Waals surface area contributed by atoms with Crippen molar-refractivity contribution in [2.24, 2.45) is 5.92 Å². The summed E-state index contributed by atoms with van der Waals surface area (Å²) in [6.07, 6.45) is -10.2. The van der Waals surface area contributed by atoms with Gasteiger partial charge >= 0.3 is 12.4 Å². The summed E-state index contributed by atoms with van der Waals surface area (Å²) in [6.45, 7) is 3.38. The maximum atomic E-state index is 13.1. The monoisotopic (exact) mass is 496 g/mol. The zero-order chi connectivity index (χ0) is 25.1. The van der Waals surface area contributed by atoms with E-state index in [1.807, 2.05) is 5.32 Å². The van der Waals surface area contributed by atoms with Gasteiger partial charge in [0, 0.05) is 10.7 Å². The van der Waals surface area contributed by atoms with Crippen molar-refractivity contribution >= 4 is 29.1 Å². The van der Waals surface area contributed by atoms with Crippen LogP contribution in [0.25, 0.3) is 0 Å². The van der Waals surface area contributed by atoms with E-state index in [1.54, 1.807) is 13.8 Å². The van der Waals surface area contributed by atoms with Gasteiger partial charge in [-0.1, -0.05) is 25.4 Å². The second-order valence-electron chi connectivity index (χ2n) is 7.60. The first-order valence-corrected chi connectivity index (χ1v) is 9.85. The van der Waals surface area contributed by atoms with Gasteiger partial charge in [0.15, 0.2) is 0 Å². The normalized spacial score (nSPS) is 13.0. The number of rotatable bonds is 6. The van der Waals surface area contributed by atoms with Crippen molar-refractivity contribution in [1.29, 1.82) is 0 Å². The third-order valence-electron chi connectivity index (χ3n) is 4.39. The van der Waals surface area contributed by atoms with Gasteiger partial charge in [0.1, 0.15) is 11.8 Å². The van der Waals surface area contributed by atoms with Crippen molar-refractivity contribution in [2.45, 2.75) is 38.7 Å². The molecule has 0 spiro atoms. The third kappa shape index (κ3) is 7.28. The number of benzene rings is 2. The number of anilines is 1. The van der Waals surface area contributed by atoms with E-state index in [-0.39, 0.29) is 29.0 Å². The molecule has 0 unspecified atom stereocenters. The zero-order valence-corrected chi connectivity index (χ0v) is 18.0. The molecule has 0 saturated heterocycles. The summed E-state index contributed by atoms with van der Waals surface area (Å²) in [4.78, 5) is 25.2. The summed E-state index contributed by atoms with van der Waals surface area (Å²) in [5, 5.41) is 14.3. The number of aromatic hydroxyl groups is 1. The average Bonchev–Trinajstić information content (AvgIpc) is 2.67. The average molecular weight is 497 g/mol. The Morgan fingerprint density at radius 2 is 1.52 bits per heavy atom. The van der Waals surface area contributed by atoms with Crippen LogP contribution in [0.5, 0.6) is 5.75 Å². The molecule has 2 rings (SSSR count). The van der Waals surface area contributed by atoms with Crippen LogP contribution in [0.3, 0.4) is 0 Å². The molecule has 12 heteroatoms. The van der Waals surface area contributed by atoms with E-state index in [9.17, 15) is 41.0 Å². The first-order chi connectivity index (χ1) is 15.1. The molecule has 33 heavy (non-hydrogen) atoms. The lowest BCUT2D eigenvalue weighted by Crippen LogP contribution is -2.44. The molecule has 2 aromatic rings. The Bertz CT molecular complexity index is 1010. The second-order valence-corrected chi connectivity index (χ2v) is 8.04. The number of amides is 2. The van der Waals surface area contributed by atoms with E-state index < -0.39 is 52.8 Å². The molecule has 0 saturated carbocycles. The molecule has 0 radical (unpaired) electrons. The number of hydrogen-bond donors (Lipinski definition) is 3. The van der Waals surface area contributed by atoms with Crippen LogP contribution in [0.15, 0.2) is 36.4 Å². The van der Waals surface area contributed by atoms with E-state index in [0.29, 0.717) is 12.1 Å². The van der Waals surface area contributed by atoms with Crippen LogP contribution in [0.4, 0.5) is 32.0 Å². The second kappa shape index (κ2) is 9.90. The minimum atomic E-state index is -5.09. The van der Waals surface area contributed by atoms with Crippen LogP contribution < -0.4 is 10.6 Å². The molecule has 180 valence electrons. The fourth-order valence-electron chi connectivity index (χ4n) is 2.89. The van der Waals surface area contributed by atoms with Gasteiger partial charge in [-0.3, -0.25) is 9.59 Å². The highest BCUT2D eigenvalue weighted by atomic mass is 35.5. The summed E-state index contributed by atoms with van der Waals surface area (Å²) in [6, 6.07) is 2.94. The van der Waals surface area contributed by atoms with Crippen LogP contribution in [0.1, 0.15) is 41.8 Å². The van der Waals surface area contributed by atoms with Gasteiger partial charge in [-0.25, -0.2) is 0 Å². The lowest BCUT2D eigenvalue weighted by molar-refractivity contribution is -0.143. The van der Waals surface area contributed by atoms with E-state index >= 15 is 0 Å². The van der Waals surface area contributed by atoms with Crippen LogP contribution >= 0.6 is 11.6 Å². The van der Waals surface area contributed by atoms with Crippen molar-refractivity contribution < 1.29 is 41.0 Å². The topological polar surface area (TPSA) is 78.4 Å². The molecule has 0 bridgehead atoms. The first kappa shape index (κ1) is 26.3. The molecule has 3 N–H and O–H groups in total. The maximum Gasteiger partial charge on any atom is 0.416 e. The molecule has 0 aromatic heterocycles. The standard InChI is InChI=1S/C21H19ClF6N2O3/c1-10(2)5-16(30-18(32)15-9-13(22)3-4-17(15)31)19(33)29-14-7-11(20(23,24)25)6-12(8-14)21(26,27)28/h3-4,6-10,16,31H,5H2,1-2H3,(H,29,33)(H,30,32)/t16-/m0/s1. The number of alkyl halides is 6. The molecule has 0 aliphatic rings. The molecule has 2 aromatic carbocycles. The molecular formula is C21H19ClF6N2O3. The Balaban J connectivity index is 2.35. The summed E-state index contributed by atoms with van der Waals surface area (Å²) in [7, 11) is 0. The summed E-state index contributed by atoms with van der Waals surface area (Å²) in [5.41, 5.74) is -4.19. The quantitative estimate of drug-likeness (QED) is 0.438. The highest BCUT2D eigenvalue weighted by Gasteiger charge is 2.37. The fraction of sp³-hybridized carbons (Fsp3) is 0.333. The number of halogens is 7. The van der Waals surface area contributed by atoms with Gasteiger partial charge in [0.2, 0.25) is 5.91 Å². The minimum Gasteiger partial charge on any atom is -0.507 e. The summed E-state index contributed by atoms with van der Waals surface area (Å²) < 4.78 is 78.4. The number of phenols is 1. The van der Waals surface area contributed by atoms with Crippen LogP contribution in [0.2, 0.25) is 5.02 Å². The molecule has 0 aliphatic carbocycles. The largest absolute Gasteiger partial charge is 0.507 e. The van der Waals surface area contributed by atoms with Gasteiger partial charge in [0.05, 0.1) is 16.7 Å². The maximum absolute atomic E-state index is 13.1. The van der Waals surface area contributed by atoms with Gasteiger partial charge in [0.25, 0.3) is 5.91 Å². The van der Waals surface area contributed by atoms with Crippen molar-refractivity contribution in [2.75, 3.05) is 5.32 Å². The zero-order valence-electron chi connectivity index (χ0n) is 17.2. The van der Waals surface area contributed by atoms with Crippen LogP contribution in [-0.4, -0.2) is 23.0 Å². The van der Waals surface area contributed by atoms with Crippen molar-refractivity contribution in [1.82, 2.24) is 5.32 Å². The Morgan fingerprint density at radius 1 is 0.970 bits per heavy atom. The molecule has 1 atom stereocenters. The van der Waals surface area contributed by atoms with Gasteiger partial charge in [-0.05, 0) is 48.7 Å². The lowest BCUT2D eigenvalue weighted by Gasteiger charge is -2.21. The number of carbonyl (C=O) groups is 2. The Morgan fingerprint density at radius 3 is 2.00 bits per heavy atom. The predicted molar refractivity (Wildman–Crippen MR) is 109 cm³/mol. The molecule has 2 amide bonds. The van der Waals surface area contributed by atoms with Crippen LogP contribution in [-0.2, 0) is 17.1 Å². The van der Waals surface area contributed by atoms with E-state index in [1.165, 1.54) is 6.07 Å². The highest BCUT2D eigenvalue weighted by molar-refractivity contribution is 6.31. The Kier molecular flexibility index (Phi) is 7.89. The van der Waals surface area contributed by atoms with Gasteiger partial charge in [-0.2, -0.15) is 26.3 Å². The summed E-state index contributed by atoms with van der Waals surface area (Å²) >= 11 is 5.80. The predicted octanol–water partition coefficient (Wildman–Crippen LogP) is 5.87. The fourth-order valence-corrected chi connectivity index (χ4v) is 3.06. The van der Waals surface area contributed by atoms with E-state index in [2.05, 4.69) is 5.32 Å². The number of carbonyl (C=O) groups excluding carboxylic acids is 2. The van der Waals surface area contributed by atoms with Gasteiger partial charge in [-0.15, -0.1) is 0 Å². The Hall–Kier alpha value is -2.95. The minimum absolute atomic E-state index is 0.00396. The van der Waals surface area contributed by atoms with Crippen molar-refractivity contribution in [3.8, 4) is 5.75 Å². The van der Waals surface area contributed by atoms with Crippen molar-refractivity contribution in [3.63, 3.8) is 0 Å². The first-order valence-electron chi connectivity index (χ1n) is 9.47. The number of hydrogen-bond acceptors (Lipinski definition) is 3. The SMILES string of the molecule is CC(C)C[C@H](NC(=O)c1cc(Cl)ccc1O)C(=O)Nc1cc(C(F)(F)F)cc(C(F)(F)F)c1. The van der Waals surface area contributed by atoms with E-state index in [4.69, 9.17) is 11.6 Å². The molecule has 0 fully saturated rings. The van der Waals surface area contributed by atoms with Gasteiger partial charge < -0.3 is 15.7 Å². The molecular weight excluding hydrogens is 478 g/mol. The van der Waals surface area contributed by atoms with Crippen LogP contribution in [0, 0.1) is 5.92 Å². The number of phenolic OH excluding ortho intramolecular Hbond substituents is 1. The smallest absolute Gasteiger partial charge is 0.416 e. The Labute approximate surface area is 189 Å². The number of nitrogens with one attached hydrogen (secondary N) is 2.